The van der Waals surface area contributed by atoms with Crippen LogP contribution >= 0.6 is 0 Å². The lowest BCUT2D eigenvalue weighted by molar-refractivity contribution is -0.114. The molecule has 1 heterocycles. The SMILES string of the molecule is CC(=O)Nc1cnn(Cc2ccc(F)cc2)c1. The summed E-state index contributed by atoms with van der Waals surface area (Å²) in [7, 11) is 0. The first-order valence-electron chi connectivity index (χ1n) is 5.18. The smallest absolute Gasteiger partial charge is 0.221 e. The first-order valence-corrected chi connectivity index (χ1v) is 5.18. The summed E-state index contributed by atoms with van der Waals surface area (Å²) in [6.45, 7) is 1.98. The summed E-state index contributed by atoms with van der Waals surface area (Å²) >= 11 is 0. The molecule has 1 amide bonds. The molecule has 17 heavy (non-hydrogen) atoms. The molecular weight excluding hydrogens is 221 g/mol. The van der Waals surface area contributed by atoms with E-state index in [1.54, 1.807) is 29.2 Å². The standard InChI is InChI=1S/C12H12FN3O/c1-9(17)15-12-6-14-16(8-12)7-10-2-4-11(13)5-3-10/h2-6,8H,7H2,1H3,(H,15,17). The van der Waals surface area contributed by atoms with E-state index in [4.69, 9.17) is 0 Å². The largest absolute Gasteiger partial charge is 0.324 e. The Morgan fingerprint density at radius 2 is 2.12 bits per heavy atom. The van der Waals surface area contributed by atoms with Crippen molar-refractivity contribution >= 4 is 11.6 Å². The Bertz CT molecular complexity index is 519. The van der Waals surface area contributed by atoms with Gasteiger partial charge in [-0.15, -0.1) is 0 Å². The van der Waals surface area contributed by atoms with Crippen molar-refractivity contribution in [2.45, 2.75) is 13.5 Å². The molecule has 0 saturated carbocycles. The minimum Gasteiger partial charge on any atom is -0.324 e. The van der Waals surface area contributed by atoms with Gasteiger partial charge in [0.15, 0.2) is 0 Å². The van der Waals surface area contributed by atoms with Crippen molar-refractivity contribution in [1.82, 2.24) is 9.78 Å². The Labute approximate surface area is 98.1 Å². The van der Waals surface area contributed by atoms with E-state index >= 15 is 0 Å². The van der Waals surface area contributed by atoms with E-state index in [-0.39, 0.29) is 11.7 Å². The van der Waals surface area contributed by atoms with E-state index in [1.807, 2.05) is 0 Å². The molecule has 1 aromatic heterocycles. The van der Waals surface area contributed by atoms with Gasteiger partial charge in [-0.25, -0.2) is 4.39 Å². The number of carbonyl (C=O) groups is 1. The fourth-order valence-corrected chi connectivity index (χ4v) is 1.49. The summed E-state index contributed by atoms with van der Waals surface area (Å²) < 4.78 is 14.4. The third-order valence-corrected chi connectivity index (χ3v) is 2.21. The van der Waals surface area contributed by atoms with Crippen LogP contribution in [0.4, 0.5) is 10.1 Å². The second-order valence-electron chi connectivity index (χ2n) is 3.73. The van der Waals surface area contributed by atoms with Gasteiger partial charge in [0.2, 0.25) is 5.91 Å². The number of carbonyl (C=O) groups excluding carboxylic acids is 1. The number of nitrogens with one attached hydrogen (secondary N) is 1. The van der Waals surface area contributed by atoms with Gasteiger partial charge < -0.3 is 5.32 Å². The first kappa shape index (κ1) is 11.3. The zero-order chi connectivity index (χ0) is 12.3. The number of halogens is 1. The van der Waals surface area contributed by atoms with Crippen molar-refractivity contribution in [3.05, 3.63) is 48.0 Å². The fourth-order valence-electron chi connectivity index (χ4n) is 1.49. The number of anilines is 1. The van der Waals surface area contributed by atoms with Crippen LogP contribution in [-0.2, 0) is 11.3 Å². The molecule has 0 aliphatic carbocycles. The van der Waals surface area contributed by atoms with Gasteiger partial charge in [-0.2, -0.15) is 5.10 Å². The molecule has 1 aromatic carbocycles. The maximum Gasteiger partial charge on any atom is 0.221 e. The van der Waals surface area contributed by atoms with E-state index in [0.29, 0.717) is 12.2 Å². The number of nitrogens with zero attached hydrogens (tertiary/aromatic N) is 2. The molecule has 1 N–H and O–H groups in total. The number of benzene rings is 1. The van der Waals surface area contributed by atoms with Gasteiger partial charge in [0.25, 0.3) is 0 Å². The van der Waals surface area contributed by atoms with Crippen molar-refractivity contribution in [3.63, 3.8) is 0 Å². The highest BCUT2D eigenvalue weighted by molar-refractivity contribution is 5.88. The number of amides is 1. The Kier molecular flexibility index (Phi) is 3.18. The summed E-state index contributed by atoms with van der Waals surface area (Å²) in [5, 5.41) is 6.73. The van der Waals surface area contributed by atoms with E-state index < -0.39 is 0 Å². The summed E-state index contributed by atoms with van der Waals surface area (Å²) in [6.07, 6.45) is 3.30. The van der Waals surface area contributed by atoms with E-state index in [9.17, 15) is 9.18 Å². The van der Waals surface area contributed by atoms with Crippen LogP contribution in [0.2, 0.25) is 0 Å². The predicted molar refractivity (Wildman–Crippen MR) is 62.0 cm³/mol. The summed E-state index contributed by atoms with van der Waals surface area (Å²) in [6, 6.07) is 6.23. The molecule has 5 heteroatoms. The average Bonchev–Trinajstić information content (AvgIpc) is 2.68. The quantitative estimate of drug-likeness (QED) is 0.881. The lowest BCUT2D eigenvalue weighted by Crippen LogP contribution is -2.05. The Morgan fingerprint density at radius 1 is 1.41 bits per heavy atom. The summed E-state index contributed by atoms with van der Waals surface area (Å²) in [4.78, 5) is 10.8. The van der Waals surface area contributed by atoms with Crippen molar-refractivity contribution < 1.29 is 9.18 Å². The van der Waals surface area contributed by atoms with Crippen molar-refractivity contribution in [1.29, 1.82) is 0 Å². The molecule has 0 fully saturated rings. The molecule has 0 aliphatic heterocycles. The molecular formula is C12H12FN3O. The topological polar surface area (TPSA) is 46.9 Å². The van der Waals surface area contributed by atoms with Crippen LogP contribution in [0.25, 0.3) is 0 Å². The van der Waals surface area contributed by atoms with Crippen LogP contribution in [0.5, 0.6) is 0 Å². The van der Waals surface area contributed by atoms with Gasteiger partial charge in [0.05, 0.1) is 18.4 Å². The number of hydrogen-bond acceptors (Lipinski definition) is 2. The van der Waals surface area contributed by atoms with E-state index in [1.165, 1.54) is 19.1 Å². The predicted octanol–water partition coefficient (Wildman–Crippen LogP) is 2.03. The summed E-state index contributed by atoms with van der Waals surface area (Å²) in [5.74, 6) is -0.389. The molecule has 0 radical (unpaired) electrons. The van der Waals surface area contributed by atoms with Crippen LogP contribution in [0.3, 0.4) is 0 Å². The van der Waals surface area contributed by atoms with Crippen LogP contribution in [0.1, 0.15) is 12.5 Å². The van der Waals surface area contributed by atoms with Crippen LogP contribution in [0, 0.1) is 5.82 Å². The molecule has 0 spiro atoms. The molecule has 2 aromatic rings. The Balaban J connectivity index is 2.06. The van der Waals surface area contributed by atoms with Crippen LogP contribution < -0.4 is 5.32 Å². The highest BCUT2D eigenvalue weighted by atomic mass is 19.1. The summed E-state index contributed by atoms with van der Waals surface area (Å²) in [5.41, 5.74) is 1.60. The normalized spacial score (nSPS) is 10.2. The van der Waals surface area contributed by atoms with Crippen LogP contribution in [-0.4, -0.2) is 15.7 Å². The minimum absolute atomic E-state index is 0.133. The van der Waals surface area contributed by atoms with Crippen LogP contribution in [0.15, 0.2) is 36.7 Å². The Hall–Kier alpha value is -2.17. The van der Waals surface area contributed by atoms with Gasteiger partial charge in [-0.3, -0.25) is 9.48 Å². The second kappa shape index (κ2) is 4.78. The molecule has 2 rings (SSSR count). The zero-order valence-corrected chi connectivity index (χ0v) is 9.35. The van der Waals surface area contributed by atoms with Gasteiger partial charge in [0, 0.05) is 13.1 Å². The van der Waals surface area contributed by atoms with Crippen molar-refractivity contribution in [2.75, 3.05) is 5.32 Å². The molecule has 0 aliphatic rings. The molecule has 0 saturated heterocycles. The third-order valence-electron chi connectivity index (χ3n) is 2.21. The molecule has 4 nitrogen and oxygen atoms in total. The lowest BCUT2D eigenvalue weighted by atomic mass is 10.2. The highest BCUT2D eigenvalue weighted by Crippen LogP contribution is 2.08. The second-order valence-corrected chi connectivity index (χ2v) is 3.73. The third kappa shape index (κ3) is 3.14. The minimum atomic E-state index is -0.256. The lowest BCUT2D eigenvalue weighted by Gasteiger charge is -2.01. The first-order chi connectivity index (χ1) is 8.13. The maximum atomic E-state index is 12.7. The zero-order valence-electron chi connectivity index (χ0n) is 9.35. The number of hydrogen-bond donors (Lipinski definition) is 1. The van der Waals surface area contributed by atoms with Gasteiger partial charge >= 0.3 is 0 Å². The maximum absolute atomic E-state index is 12.7. The van der Waals surface area contributed by atoms with E-state index in [0.717, 1.165) is 5.56 Å². The molecule has 0 unspecified atom stereocenters. The van der Waals surface area contributed by atoms with E-state index in [2.05, 4.69) is 10.4 Å². The van der Waals surface area contributed by atoms with Gasteiger partial charge in [-0.05, 0) is 17.7 Å². The fraction of sp³-hybridized carbons (Fsp3) is 0.167. The molecule has 0 atom stereocenters. The number of aromatic nitrogens is 2. The van der Waals surface area contributed by atoms with Gasteiger partial charge in [0.1, 0.15) is 5.82 Å². The molecule has 0 bridgehead atoms. The number of rotatable bonds is 3. The Morgan fingerprint density at radius 3 is 2.76 bits per heavy atom. The molecule has 88 valence electrons. The van der Waals surface area contributed by atoms with Gasteiger partial charge in [-0.1, -0.05) is 12.1 Å². The highest BCUT2D eigenvalue weighted by Gasteiger charge is 2.01. The van der Waals surface area contributed by atoms with Crippen molar-refractivity contribution in [2.24, 2.45) is 0 Å². The van der Waals surface area contributed by atoms with Crippen molar-refractivity contribution in [3.8, 4) is 0 Å². The average molecular weight is 233 g/mol. The monoisotopic (exact) mass is 233 g/mol.